The van der Waals surface area contributed by atoms with Gasteiger partial charge in [-0.05, 0) is 18.0 Å². The van der Waals surface area contributed by atoms with Gasteiger partial charge in [0.25, 0.3) is 0 Å². The molecule has 15 heteroatoms. The van der Waals surface area contributed by atoms with Crippen molar-refractivity contribution in [1.29, 1.82) is 0 Å². The zero-order valence-corrected chi connectivity index (χ0v) is 15.9. The monoisotopic (exact) mass is 429 g/mol. The van der Waals surface area contributed by atoms with E-state index in [2.05, 4.69) is 29.8 Å². The lowest BCUT2D eigenvalue weighted by molar-refractivity contribution is -0.0501. The van der Waals surface area contributed by atoms with Crippen molar-refractivity contribution < 1.29 is 33.8 Å². The maximum atomic E-state index is 10.9. The van der Waals surface area contributed by atoms with Gasteiger partial charge in [-0.1, -0.05) is 5.11 Å². The van der Waals surface area contributed by atoms with Crippen molar-refractivity contribution in [3.63, 3.8) is 0 Å². The third kappa shape index (κ3) is 5.01. The molecule has 0 saturated carbocycles. The van der Waals surface area contributed by atoms with Gasteiger partial charge in [-0.25, -0.2) is 14.5 Å². The van der Waals surface area contributed by atoms with Crippen molar-refractivity contribution in [2.24, 2.45) is 5.11 Å². The van der Waals surface area contributed by atoms with E-state index in [-0.39, 0.29) is 0 Å². The third-order valence-corrected chi connectivity index (χ3v) is 4.79. The molecule has 3 heterocycles. The van der Waals surface area contributed by atoms with Gasteiger partial charge in [0.1, 0.15) is 23.8 Å². The predicted molar refractivity (Wildman–Crippen MR) is 98.6 cm³/mol. The number of phosphoric ester groups is 1. The predicted octanol–water partition coefficient (Wildman–Crippen LogP) is 0.272. The molecule has 2 aromatic rings. The van der Waals surface area contributed by atoms with E-state index in [4.69, 9.17) is 20.1 Å². The van der Waals surface area contributed by atoms with E-state index in [0.29, 0.717) is 36.4 Å². The fourth-order valence-corrected chi connectivity index (χ4v) is 3.30. The van der Waals surface area contributed by atoms with Crippen LogP contribution < -0.4 is 5.32 Å². The normalized spacial score (nSPS) is 24.6. The van der Waals surface area contributed by atoms with Crippen molar-refractivity contribution in [2.75, 3.05) is 25.0 Å². The molecular formula is C14H20N7O7P. The minimum Gasteiger partial charge on any atom is -0.387 e. The second-order valence-electron chi connectivity index (χ2n) is 6.25. The van der Waals surface area contributed by atoms with E-state index in [1.165, 1.54) is 17.1 Å². The van der Waals surface area contributed by atoms with Crippen LogP contribution in [-0.2, 0) is 13.8 Å². The van der Waals surface area contributed by atoms with Crippen LogP contribution in [0, 0.1) is 0 Å². The molecule has 0 bridgehead atoms. The molecule has 1 aliphatic rings. The Morgan fingerprint density at radius 2 is 2.17 bits per heavy atom. The van der Waals surface area contributed by atoms with Gasteiger partial charge in [-0.3, -0.25) is 4.52 Å². The number of imidazole rings is 1. The van der Waals surface area contributed by atoms with E-state index in [0.717, 1.165) is 0 Å². The molecule has 0 aliphatic carbocycles. The van der Waals surface area contributed by atoms with Crippen molar-refractivity contribution >= 4 is 24.7 Å². The van der Waals surface area contributed by atoms with Gasteiger partial charge in [0, 0.05) is 24.2 Å². The molecule has 3 unspecified atom stereocenters. The van der Waals surface area contributed by atoms with Crippen LogP contribution in [-0.4, -0.2) is 72.5 Å². The Bertz CT molecular complexity index is 944. The van der Waals surface area contributed by atoms with Crippen molar-refractivity contribution in [2.45, 2.75) is 31.0 Å². The Hall–Kier alpha value is -2.28. The number of hydrogen-bond acceptors (Lipinski definition) is 9. The second kappa shape index (κ2) is 9.03. The molecular weight excluding hydrogens is 409 g/mol. The summed E-state index contributed by atoms with van der Waals surface area (Å²) in [5, 5.41) is 27.0. The Morgan fingerprint density at radius 1 is 1.38 bits per heavy atom. The first kappa shape index (κ1) is 21.4. The minimum absolute atomic E-state index is 0.339. The fraction of sp³-hybridized carbons (Fsp3) is 0.571. The molecule has 5 N–H and O–H groups in total. The number of phosphoric acid groups is 1. The minimum atomic E-state index is -4.74. The van der Waals surface area contributed by atoms with Gasteiger partial charge in [-0.2, -0.15) is 0 Å². The Labute approximate surface area is 164 Å². The number of nitrogens with one attached hydrogen (secondary N) is 1. The number of rotatable bonds is 9. The highest BCUT2D eigenvalue weighted by molar-refractivity contribution is 7.46. The SMILES string of the molecule is [N-]=[N+]=NCCCNc1nccc2c1ncn2C1O[C@H](COP(=O)(O)O)C(O)C1O. The molecule has 2 aromatic heterocycles. The van der Waals surface area contributed by atoms with Gasteiger partial charge < -0.3 is 34.6 Å². The molecule has 29 heavy (non-hydrogen) atoms. The van der Waals surface area contributed by atoms with Crippen LogP contribution >= 0.6 is 7.82 Å². The first-order chi connectivity index (χ1) is 13.8. The number of azide groups is 1. The van der Waals surface area contributed by atoms with Crippen molar-refractivity contribution in [3.05, 3.63) is 29.0 Å². The lowest BCUT2D eigenvalue weighted by Gasteiger charge is -2.17. The quantitative estimate of drug-likeness (QED) is 0.121. The summed E-state index contributed by atoms with van der Waals surface area (Å²) < 4.78 is 22.3. The van der Waals surface area contributed by atoms with Gasteiger partial charge in [-0.15, -0.1) is 0 Å². The van der Waals surface area contributed by atoms with Crippen LogP contribution in [0.3, 0.4) is 0 Å². The van der Waals surface area contributed by atoms with E-state index in [1.807, 2.05) is 0 Å². The Morgan fingerprint density at radius 3 is 2.90 bits per heavy atom. The number of aromatic nitrogens is 3. The molecule has 1 aliphatic heterocycles. The van der Waals surface area contributed by atoms with Gasteiger partial charge in [0.05, 0.1) is 18.5 Å². The molecule has 0 amide bonds. The Balaban J connectivity index is 1.75. The maximum absolute atomic E-state index is 10.9. The van der Waals surface area contributed by atoms with Crippen LogP contribution in [0.25, 0.3) is 21.5 Å². The average Bonchev–Trinajstić information content (AvgIpc) is 3.22. The summed E-state index contributed by atoms with van der Waals surface area (Å²) in [6, 6.07) is 1.65. The average molecular weight is 429 g/mol. The van der Waals surface area contributed by atoms with Crippen LogP contribution in [0.2, 0.25) is 0 Å². The summed E-state index contributed by atoms with van der Waals surface area (Å²) in [7, 11) is -4.74. The summed E-state index contributed by atoms with van der Waals surface area (Å²) in [4.78, 5) is 28.8. The van der Waals surface area contributed by atoms with Gasteiger partial charge in [0.15, 0.2) is 12.0 Å². The highest BCUT2D eigenvalue weighted by Gasteiger charge is 2.45. The van der Waals surface area contributed by atoms with E-state index < -0.39 is 39.0 Å². The number of anilines is 1. The smallest absolute Gasteiger partial charge is 0.387 e. The van der Waals surface area contributed by atoms with Crippen molar-refractivity contribution in [3.8, 4) is 0 Å². The molecule has 158 valence electrons. The number of pyridine rings is 1. The van der Waals surface area contributed by atoms with E-state index in [9.17, 15) is 14.8 Å². The molecule has 0 aromatic carbocycles. The van der Waals surface area contributed by atoms with Gasteiger partial charge >= 0.3 is 7.82 Å². The molecule has 1 saturated heterocycles. The van der Waals surface area contributed by atoms with Crippen molar-refractivity contribution in [1.82, 2.24) is 14.5 Å². The van der Waals surface area contributed by atoms with E-state index in [1.54, 1.807) is 6.07 Å². The summed E-state index contributed by atoms with van der Waals surface area (Å²) in [5.74, 6) is 0.483. The zero-order valence-electron chi connectivity index (χ0n) is 15.0. The second-order valence-corrected chi connectivity index (χ2v) is 7.49. The maximum Gasteiger partial charge on any atom is 0.469 e. The molecule has 0 radical (unpaired) electrons. The lowest BCUT2D eigenvalue weighted by atomic mass is 10.1. The molecule has 3 rings (SSSR count). The fourth-order valence-electron chi connectivity index (χ4n) is 2.96. The van der Waals surface area contributed by atoms with Crippen LogP contribution in [0.1, 0.15) is 12.6 Å². The van der Waals surface area contributed by atoms with Crippen LogP contribution in [0.5, 0.6) is 0 Å². The number of aliphatic hydroxyl groups excluding tert-OH is 2. The van der Waals surface area contributed by atoms with Gasteiger partial charge in [0.2, 0.25) is 0 Å². The number of fused-ring (bicyclic) bond motifs is 1. The summed E-state index contributed by atoms with van der Waals surface area (Å²) in [6.45, 7) is 0.248. The Kier molecular flexibility index (Phi) is 6.67. The number of hydrogen-bond donors (Lipinski definition) is 5. The number of nitrogens with zero attached hydrogens (tertiary/aromatic N) is 6. The first-order valence-corrected chi connectivity index (χ1v) is 10.1. The first-order valence-electron chi connectivity index (χ1n) is 8.60. The highest BCUT2D eigenvalue weighted by Crippen LogP contribution is 2.39. The van der Waals surface area contributed by atoms with Crippen LogP contribution in [0.4, 0.5) is 5.82 Å². The molecule has 1 fully saturated rings. The molecule has 4 atom stereocenters. The largest absolute Gasteiger partial charge is 0.469 e. The topological polar surface area (TPSA) is 208 Å². The van der Waals surface area contributed by atoms with Crippen LogP contribution in [0.15, 0.2) is 23.7 Å². The number of ether oxygens (including phenoxy) is 1. The highest BCUT2D eigenvalue weighted by atomic mass is 31.2. The summed E-state index contributed by atoms with van der Waals surface area (Å²) in [6.07, 6.45) is -1.43. The summed E-state index contributed by atoms with van der Waals surface area (Å²) in [5.41, 5.74) is 9.34. The number of aliphatic hydroxyl groups is 2. The molecule has 0 spiro atoms. The standard InChI is InChI=1S/C14H20N7O7P/c15-20-19-4-1-3-16-13-10-8(2-5-17-13)21(7-18-10)14-12(23)11(22)9(28-14)6-27-29(24,25)26/h2,5,7,9,11-12,14,22-23H,1,3-4,6H2,(H,16,17)(H2,24,25,26)/t9-,11?,12?,14?/m1/s1. The zero-order chi connectivity index (χ0) is 21.0. The molecule has 14 nitrogen and oxygen atoms in total. The third-order valence-electron chi connectivity index (χ3n) is 4.30. The summed E-state index contributed by atoms with van der Waals surface area (Å²) >= 11 is 0. The lowest BCUT2D eigenvalue weighted by Crippen LogP contribution is -2.33. The van der Waals surface area contributed by atoms with E-state index >= 15 is 0 Å².